The summed E-state index contributed by atoms with van der Waals surface area (Å²) < 4.78 is 14.6. The van der Waals surface area contributed by atoms with Gasteiger partial charge in [0.15, 0.2) is 0 Å². The maximum Gasteiger partial charge on any atom is 0.269 e. The summed E-state index contributed by atoms with van der Waals surface area (Å²) in [7, 11) is 0. The standard InChI is InChI=1S/C14H15FN4O.2ClH/c15-11-1-3-12(4-2-11)19-9-17-8-13(19)14(20)18-7-10-5-16-6-10;;/h1-4,8-10,16H,5-7H2,(H,18,20);2*1H. The van der Waals surface area contributed by atoms with Crippen LogP contribution in [0, 0.1) is 11.7 Å². The van der Waals surface area contributed by atoms with E-state index in [0.29, 0.717) is 23.8 Å². The van der Waals surface area contributed by atoms with E-state index in [1.54, 1.807) is 23.0 Å². The second-order valence-electron chi connectivity index (χ2n) is 4.86. The molecule has 2 heterocycles. The molecule has 120 valence electrons. The number of hydrogen-bond acceptors (Lipinski definition) is 3. The van der Waals surface area contributed by atoms with Crippen molar-refractivity contribution in [3.05, 3.63) is 48.3 Å². The Labute approximate surface area is 140 Å². The van der Waals surface area contributed by atoms with E-state index in [9.17, 15) is 9.18 Å². The fraction of sp³-hybridized carbons (Fsp3) is 0.286. The Morgan fingerprint density at radius 1 is 1.32 bits per heavy atom. The van der Waals surface area contributed by atoms with Gasteiger partial charge in [-0.1, -0.05) is 0 Å². The molecule has 3 rings (SSSR count). The summed E-state index contributed by atoms with van der Waals surface area (Å²) >= 11 is 0. The highest BCUT2D eigenvalue weighted by molar-refractivity contribution is 5.93. The lowest BCUT2D eigenvalue weighted by Crippen LogP contribution is -2.48. The van der Waals surface area contributed by atoms with E-state index in [0.717, 1.165) is 13.1 Å². The summed E-state index contributed by atoms with van der Waals surface area (Å²) in [5, 5.41) is 6.05. The molecule has 2 N–H and O–H groups in total. The molecule has 0 unspecified atom stereocenters. The van der Waals surface area contributed by atoms with E-state index in [1.165, 1.54) is 18.3 Å². The number of nitrogens with one attached hydrogen (secondary N) is 2. The number of rotatable bonds is 4. The molecule has 1 aromatic carbocycles. The van der Waals surface area contributed by atoms with Crippen LogP contribution in [0.25, 0.3) is 5.69 Å². The Morgan fingerprint density at radius 2 is 2.00 bits per heavy atom. The number of imidazole rings is 1. The summed E-state index contributed by atoms with van der Waals surface area (Å²) in [6.45, 7) is 2.54. The molecular weight excluding hydrogens is 330 g/mol. The van der Waals surface area contributed by atoms with Gasteiger partial charge in [-0.05, 0) is 24.3 Å². The van der Waals surface area contributed by atoms with Gasteiger partial charge < -0.3 is 10.6 Å². The molecule has 0 radical (unpaired) electrons. The molecule has 1 aliphatic heterocycles. The molecule has 0 atom stereocenters. The van der Waals surface area contributed by atoms with Crippen LogP contribution in [0.3, 0.4) is 0 Å². The van der Waals surface area contributed by atoms with Gasteiger partial charge in [0.25, 0.3) is 5.91 Å². The second-order valence-corrected chi connectivity index (χ2v) is 4.86. The number of nitrogens with zero attached hydrogens (tertiary/aromatic N) is 2. The molecule has 1 saturated heterocycles. The Kier molecular flexibility index (Phi) is 6.80. The van der Waals surface area contributed by atoms with Crippen LogP contribution in [0.1, 0.15) is 10.5 Å². The largest absolute Gasteiger partial charge is 0.350 e. The topological polar surface area (TPSA) is 59.0 Å². The molecule has 1 amide bonds. The summed E-state index contributed by atoms with van der Waals surface area (Å²) in [5.74, 6) is 0.0252. The number of amides is 1. The van der Waals surface area contributed by atoms with Gasteiger partial charge in [0.1, 0.15) is 11.5 Å². The number of benzene rings is 1. The van der Waals surface area contributed by atoms with E-state index < -0.39 is 0 Å². The quantitative estimate of drug-likeness (QED) is 0.887. The van der Waals surface area contributed by atoms with Crippen molar-refractivity contribution in [3.8, 4) is 5.69 Å². The van der Waals surface area contributed by atoms with Gasteiger partial charge in [-0.2, -0.15) is 0 Å². The maximum atomic E-state index is 12.9. The minimum Gasteiger partial charge on any atom is -0.350 e. The number of carbonyl (C=O) groups excluding carboxylic acids is 1. The number of carbonyl (C=O) groups is 1. The minimum absolute atomic E-state index is 0. The third-order valence-electron chi connectivity index (χ3n) is 3.39. The van der Waals surface area contributed by atoms with Crippen molar-refractivity contribution in [1.82, 2.24) is 20.2 Å². The lowest BCUT2D eigenvalue weighted by atomic mass is 10.0. The van der Waals surface area contributed by atoms with Gasteiger partial charge >= 0.3 is 0 Å². The van der Waals surface area contributed by atoms with Crippen molar-refractivity contribution in [3.63, 3.8) is 0 Å². The molecule has 1 aromatic heterocycles. The molecule has 0 spiro atoms. The minimum atomic E-state index is -0.308. The molecule has 1 fully saturated rings. The highest BCUT2D eigenvalue weighted by Gasteiger charge is 2.19. The van der Waals surface area contributed by atoms with Crippen LogP contribution in [0.5, 0.6) is 0 Å². The molecule has 22 heavy (non-hydrogen) atoms. The predicted octanol–water partition coefficient (Wildman–Crippen LogP) is 1.80. The van der Waals surface area contributed by atoms with E-state index in [1.807, 2.05) is 0 Å². The van der Waals surface area contributed by atoms with Crippen molar-refractivity contribution in [2.75, 3.05) is 19.6 Å². The average molecular weight is 347 g/mol. The summed E-state index contributed by atoms with van der Waals surface area (Å²) in [6.07, 6.45) is 3.06. The van der Waals surface area contributed by atoms with Gasteiger partial charge in [0.2, 0.25) is 0 Å². The normalized spacial score (nSPS) is 13.5. The average Bonchev–Trinajstić information content (AvgIpc) is 2.87. The van der Waals surface area contributed by atoms with Gasteiger partial charge in [0.05, 0.1) is 12.5 Å². The van der Waals surface area contributed by atoms with E-state index in [-0.39, 0.29) is 36.5 Å². The summed E-state index contributed by atoms with van der Waals surface area (Å²) in [5.41, 5.74) is 1.16. The van der Waals surface area contributed by atoms with E-state index >= 15 is 0 Å². The van der Waals surface area contributed by atoms with Gasteiger partial charge in [-0.15, -0.1) is 24.8 Å². The van der Waals surface area contributed by atoms with Gasteiger partial charge in [0, 0.05) is 31.2 Å². The lowest BCUT2D eigenvalue weighted by molar-refractivity contribution is 0.0935. The molecular formula is C14H17Cl2FN4O. The lowest BCUT2D eigenvalue weighted by Gasteiger charge is -2.27. The SMILES string of the molecule is Cl.Cl.O=C(NCC1CNC1)c1cncn1-c1ccc(F)cc1. The van der Waals surface area contributed by atoms with Gasteiger partial charge in [-0.3, -0.25) is 9.36 Å². The van der Waals surface area contributed by atoms with Crippen LogP contribution in [-0.4, -0.2) is 35.1 Å². The fourth-order valence-corrected chi connectivity index (χ4v) is 2.09. The first-order chi connectivity index (χ1) is 9.74. The zero-order chi connectivity index (χ0) is 13.9. The Bertz CT molecular complexity index is 614. The van der Waals surface area contributed by atoms with Crippen molar-refractivity contribution >= 4 is 30.7 Å². The molecule has 8 heteroatoms. The summed E-state index contributed by atoms with van der Waals surface area (Å²) in [4.78, 5) is 16.1. The smallest absolute Gasteiger partial charge is 0.269 e. The third kappa shape index (κ3) is 3.97. The molecule has 0 bridgehead atoms. The Balaban J connectivity index is 0.00000121. The third-order valence-corrected chi connectivity index (χ3v) is 3.39. The van der Waals surface area contributed by atoms with Crippen LogP contribution in [0.2, 0.25) is 0 Å². The zero-order valence-electron chi connectivity index (χ0n) is 11.7. The summed E-state index contributed by atoms with van der Waals surface area (Å²) in [6, 6.07) is 5.95. The molecule has 2 aromatic rings. The van der Waals surface area contributed by atoms with Gasteiger partial charge in [-0.25, -0.2) is 9.37 Å². The predicted molar refractivity (Wildman–Crippen MR) is 86.7 cm³/mol. The Hall–Kier alpha value is -1.63. The van der Waals surface area contributed by atoms with Crippen molar-refractivity contribution in [1.29, 1.82) is 0 Å². The van der Waals surface area contributed by atoms with E-state index in [4.69, 9.17) is 0 Å². The number of halogens is 3. The fourth-order valence-electron chi connectivity index (χ4n) is 2.09. The maximum absolute atomic E-state index is 12.9. The molecule has 5 nitrogen and oxygen atoms in total. The first-order valence-electron chi connectivity index (χ1n) is 6.51. The second kappa shape index (κ2) is 8.12. The van der Waals surface area contributed by atoms with Crippen molar-refractivity contribution in [2.24, 2.45) is 5.92 Å². The van der Waals surface area contributed by atoms with E-state index in [2.05, 4.69) is 15.6 Å². The molecule has 1 aliphatic rings. The highest BCUT2D eigenvalue weighted by atomic mass is 35.5. The van der Waals surface area contributed by atoms with Crippen LogP contribution < -0.4 is 10.6 Å². The monoisotopic (exact) mass is 346 g/mol. The van der Waals surface area contributed by atoms with Crippen LogP contribution >= 0.6 is 24.8 Å². The zero-order valence-corrected chi connectivity index (χ0v) is 13.3. The first-order valence-corrected chi connectivity index (χ1v) is 6.51. The highest BCUT2D eigenvalue weighted by Crippen LogP contribution is 2.12. The molecule has 0 aliphatic carbocycles. The first kappa shape index (κ1) is 18.4. The van der Waals surface area contributed by atoms with Crippen LogP contribution in [0.4, 0.5) is 4.39 Å². The molecule has 0 saturated carbocycles. The van der Waals surface area contributed by atoms with Crippen LogP contribution in [-0.2, 0) is 0 Å². The van der Waals surface area contributed by atoms with Crippen molar-refractivity contribution in [2.45, 2.75) is 0 Å². The Morgan fingerprint density at radius 3 is 2.59 bits per heavy atom. The van der Waals surface area contributed by atoms with Crippen molar-refractivity contribution < 1.29 is 9.18 Å². The number of aromatic nitrogens is 2. The van der Waals surface area contributed by atoms with Crippen LogP contribution in [0.15, 0.2) is 36.8 Å². The number of hydrogen-bond donors (Lipinski definition) is 2.